The third kappa shape index (κ3) is 3.88. The van der Waals surface area contributed by atoms with Crippen LogP contribution in [0.1, 0.15) is 11.6 Å². The molecule has 2 rings (SSSR count). The summed E-state index contributed by atoms with van der Waals surface area (Å²) in [5, 5.41) is 9.38. The van der Waals surface area contributed by atoms with Gasteiger partial charge in [0.05, 0.1) is 22.0 Å². The molecule has 7 heteroatoms. The largest absolute Gasteiger partial charge is 0.394 e. The van der Waals surface area contributed by atoms with Crippen LogP contribution in [0.2, 0.25) is 0 Å². The average Bonchev–Trinajstić information content (AvgIpc) is 2.48. The lowest BCUT2D eigenvalue weighted by Gasteiger charge is -2.17. The molecule has 0 aliphatic heterocycles. The minimum absolute atomic E-state index is 0.184. The highest BCUT2D eigenvalue weighted by Gasteiger charge is 2.21. The lowest BCUT2D eigenvalue weighted by molar-refractivity contribution is 0.259. The Kier molecular flexibility index (Phi) is 5.10. The van der Waals surface area contributed by atoms with Gasteiger partial charge in [-0.15, -0.1) is 0 Å². The van der Waals surface area contributed by atoms with E-state index in [-0.39, 0.29) is 9.37 Å². The zero-order chi connectivity index (χ0) is 15.5. The molecule has 1 atom stereocenters. The Morgan fingerprint density at radius 2 is 1.86 bits per heavy atom. The molecule has 1 unspecified atom stereocenters. The maximum atomic E-state index is 13.5. The van der Waals surface area contributed by atoms with Crippen molar-refractivity contribution in [2.24, 2.45) is 0 Å². The Hall–Kier alpha value is -1.28. The number of aliphatic hydroxyl groups excluding tert-OH is 1. The Morgan fingerprint density at radius 1 is 1.19 bits per heavy atom. The Balaban J connectivity index is 2.29. The summed E-state index contributed by atoms with van der Waals surface area (Å²) in [5.41, 5.74) is 0.626. The lowest BCUT2D eigenvalue weighted by atomic mass is 10.1. The van der Waals surface area contributed by atoms with Gasteiger partial charge in [-0.25, -0.2) is 17.5 Å². The molecule has 0 fully saturated rings. The molecule has 0 aliphatic rings. The molecule has 0 heterocycles. The van der Waals surface area contributed by atoms with Crippen molar-refractivity contribution in [3.05, 3.63) is 64.4 Å². The second-order valence-corrected chi connectivity index (χ2v) is 6.91. The monoisotopic (exact) mass is 373 g/mol. The molecular weight excluding hydrogens is 361 g/mol. The van der Waals surface area contributed by atoms with E-state index in [1.165, 1.54) is 12.1 Å². The van der Waals surface area contributed by atoms with Crippen LogP contribution in [0.3, 0.4) is 0 Å². The summed E-state index contributed by atoms with van der Waals surface area (Å²) in [6.07, 6.45) is 0. The number of hydrogen-bond acceptors (Lipinski definition) is 3. The van der Waals surface area contributed by atoms with Crippen molar-refractivity contribution in [2.45, 2.75) is 10.9 Å². The van der Waals surface area contributed by atoms with E-state index in [1.54, 1.807) is 30.3 Å². The van der Waals surface area contributed by atoms with E-state index < -0.39 is 28.5 Å². The van der Waals surface area contributed by atoms with E-state index >= 15 is 0 Å². The highest BCUT2D eigenvalue weighted by molar-refractivity contribution is 9.10. The summed E-state index contributed by atoms with van der Waals surface area (Å²) in [7, 11) is -3.93. The van der Waals surface area contributed by atoms with Crippen molar-refractivity contribution < 1.29 is 17.9 Å². The highest BCUT2D eigenvalue weighted by Crippen LogP contribution is 2.21. The first kappa shape index (κ1) is 16.1. The second kappa shape index (κ2) is 6.65. The Labute approximate surface area is 130 Å². The third-order valence-electron chi connectivity index (χ3n) is 2.88. The van der Waals surface area contributed by atoms with Crippen molar-refractivity contribution in [2.75, 3.05) is 6.61 Å². The molecule has 0 radical (unpaired) electrons. The van der Waals surface area contributed by atoms with Crippen molar-refractivity contribution in [1.82, 2.24) is 4.72 Å². The van der Waals surface area contributed by atoms with Gasteiger partial charge in [0.2, 0.25) is 10.0 Å². The highest BCUT2D eigenvalue weighted by atomic mass is 79.9. The quantitative estimate of drug-likeness (QED) is 0.846. The molecule has 112 valence electrons. The van der Waals surface area contributed by atoms with Crippen LogP contribution >= 0.6 is 15.9 Å². The summed E-state index contributed by atoms with van der Waals surface area (Å²) >= 11 is 2.97. The molecule has 0 aromatic heterocycles. The number of halogens is 2. The van der Waals surface area contributed by atoms with Crippen molar-refractivity contribution in [3.63, 3.8) is 0 Å². The number of sulfonamides is 1. The fraction of sp³-hybridized carbons (Fsp3) is 0.143. The van der Waals surface area contributed by atoms with Gasteiger partial charge in [0.25, 0.3) is 0 Å². The fourth-order valence-electron chi connectivity index (χ4n) is 1.80. The number of hydrogen-bond donors (Lipinski definition) is 2. The zero-order valence-electron chi connectivity index (χ0n) is 10.8. The maximum Gasteiger partial charge on any atom is 0.241 e. The van der Waals surface area contributed by atoms with Gasteiger partial charge in [-0.1, -0.05) is 30.3 Å². The van der Waals surface area contributed by atoms with Crippen LogP contribution in [0.4, 0.5) is 4.39 Å². The molecule has 21 heavy (non-hydrogen) atoms. The standard InChI is InChI=1S/C14H13BrFNO3S/c15-12-7-6-11(8-13(12)16)21(19,20)17-14(9-18)10-4-2-1-3-5-10/h1-8,14,17-18H,9H2. The average molecular weight is 374 g/mol. The second-order valence-electron chi connectivity index (χ2n) is 4.34. The summed E-state index contributed by atoms with van der Waals surface area (Å²) in [6, 6.07) is 11.4. The van der Waals surface area contributed by atoms with Gasteiger partial charge in [-0.3, -0.25) is 0 Å². The molecule has 2 aromatic rings. The van der Waals surface area contributed by atoms with E-state index in [0.717, 1.165) is 6.07 Å². The molecule has 0 amide bonds. The number of benzene rings is 2. The fourth-order valence-corrected chi connectivity index (χ4v) is 3.27. The van der Waals surface area contributed by atoms with Crippen LogP contribution in [0.25, 0.3) is 0 Å². The maximum absolute atomic E-state index is 13.5. The molecule has 0 bridgehead atoms. The van der Waals surface area contributed by atoms with Crippen LogP contribution in [0.15, 0.2) is 57.9 Å². The van der Waals surface area contributed by atoms with Crippen LogP contribution in [0, 0.1) is 5.82 Å². The van der Waals surface area contributed by atoms with Crippen LogP contribution < -0.4 is 4.72 Å². The van der Waals surface area contributed by atoms with Crippen LogP contribution in [-0.2, 0) is 10.0 Å². The Bertz CT molecular complexity index is 722. The number of rotatable bonds is 5. The summed E-state index contributed by atoms with van der Waals surface area (Å²) < 4.78 is 40.5. The summed E-state index contributed by atoms with van der Waals surface area (Å²) in [5.74, 6) is -0.668. The molecule has 0 aliphatic carbocycles. The van der Waals surface area contributed by atoms with Gasteiger partial charge < -0.3 is 5.11 Å². The number of aliphatic hydroxyl groups is 1. The van der Waals surface area contributed by atoms with E-state index in [4.69, 9.17) is 0 Å². The third-order valence-corrected chi connectivity index (χ3v) is 5.00. The smallest absolute Gasteiger partial charge is 0.241 e. The molecule has 0 saturated heterocycles. The van der Waals surface area contributed by atoms with Gasteiger partial charge in [-0.2, -0.15) is 0 Å². The van der Waals surface area contributed by atoms with Gasteiger partial charge in [0.15, 0.2) is 0 Å². The van der Waals surface area contributed by atoms with Crippen molar-refractivity contribution in [1.29, 1.82) is 0 Å². The molecule has 2 N–H and O–H groups in total. The lowest BCUT2D eigenvalue weighted by Crippen LogP contribution is -2.30. The minimum atomic E-state index is -3.93. The van der Waals surface area contributed by atoms with Crippen LogP contribution in [0.5, 0.6) is 0 Å². The van der Waals surface area contributed by atoms with Crippen LogP contribution in [-0.4, -0.2) is 20.1 Å². The first-order valence-corrected chi connectivity index (χ1v) is 8.35. The minimum Gasteiger partial charge on any atom is -0.394 e. The molecule has 4 nitrogen and oxygen atoms in total. The zero-order valence-corrected chi connectivity index (χ0v) is 13.2. The van der Waals surface area contributed by atoms with E-state index in [0.29, 0.717) is 5.56 Å². The molecule has 2 aromatic carbocycles. The van der Waals surface area contributed by atoms with Crippen molar-refractivity contribution >= 4 is 26.0 Å². The van der Waals surface area contributed by atoms with E-state index in [1.807, 2.05) is 0 Å². The predicted molar refractivity (Wildman–Crippen MR) is 80.7 cm³/mol. The summed E-state index contributed by atoms with van der Waals surface area (Å²) in [4.78, 5) is -0.197. The summed E-state index contributed by atoms with van der Waals surface area (Å²) in [6.45, 7) is -0.401. The van der Waals surface area contributed by atoms with E-state index in [9.17, 15) is 17.9 Å². The first-order chi connectivity index (χ1) is 9.94. The predicted octanol–water partition coefficient (Wildman–Crippen LogP) is 2.60. The molecular formula is C14H13BrFNO3S. The SMILES string of the molecule is O=S(=O)(NC(CO)c1ccccc1)c1ccc(Br)c(F)c1. The van der Waals surface area contributed by atoms with Gasteiger partial charge >= 0.3 is 0 Å². The topological polar surface area (TPSA) is 66.4 Å². The number of nitrogens with one attached hydrogen (secondary N) is 1. The van der Waals surface area contributed by atoms with Gasteiger partial charge in [0.1, 0.15) is 5.82 Å². The van der Waals surface area contributed by atoms with E-state index in [2.05, 4.69) is 20.7 Å². The normalized spacial score (nSPS) is 13.1. The molecule has 0 spiro atoms. The van der Waals surface area contributed by atoms with Crippen molar-refractivity contribution in [3.8, 4) is 0 Å². The van der Waals surface area contributed by atoms with Gasteiger partial charge in [0, 0.05) is 0 Å². The Morgan fingerprint density at radius 3 is 2.43 bits per heavy atom. The molecule has 0 saturated carbocycles. The van der Waals surface area contributed by atoms with Gasteiger partial charge in [-0.05, 0) is 39.7 Å². The first-order valence-electron chi connectivity index (χ1n) is 6.07.